The molecule has 0 aliphatic carbocycles. The predicted molar refractivity (Wildman–Crippen MR) is 106 cm³/mol. The Bertz CT molecular complexity index is 935. The Labute approximate surface area is 175 Å². The molecule has 1 N–H and O–H groups in total. The summed E-state index contributed by atoms with van der Waals surface area (Å²) in [6.45, 7) is 3.76. The lowest BCUT2D eigenvalue weighted by Crippen LogP contribution is -2.63. The van der Waals surface area contributed by atoms with E-state index in [-0.39, 0.29) is 26.1 Å². The minimum absolute atomic E-state index is 0.0242. The highest BCUT2D eigenvalue weighted by Gasteiger charge is 2.75. The van der Waals surface area contributed by atoms with E-state index in [0.29, 0.717) is 0 Å². The van der Waals surface area contributed by atoms with E-state index >= 15 is 0 Å². The molecule has 2 aliphatic heterocycles. The SMILES string of the molecule is CCOC(=O)C12CN(Cc3ccccc3)C(=O)C1(O)OOC(C)(c1ccccc1)C2. The molecule has 7 heteroatoms. The lowest BCUT2D eigenvalue weighted by atomic mass is 9.70. The lowest BCUT2D eigenvalue weighted by molar-refractivity contribution is -0.493. The zero-order chi connectivity index (χ0) is 21.4. The van der Waals surface area contributed by atoms with Crippen LogP contribution in [0.4, 0.5) is 0 Å². The van der Waals surface area contributed by atoms with Crippen LogP contribution in [0.15, 0.2) is 60.7 Å². The number of esters is 1. The third-order valence-corrected chi connectivity index (χ3v) is 5.94. The number of hydrogen-bond donors (Lipinski definition) is 1. The van der Waals surface area contributed by atoms with Crippen LogP contribution in [0.2, 0.25) is 0 Å². The number of fused-ring (bicyclic) bond motifs is 1. The van der Waals surface area contributed by atoms with Crippen molar-refractivity contribution in [2.45, 2.75) is 38.2 Å². The quantitative estimate of drug-likeness (QED) is 0.601. The standard InChI is InChI=1S/C23H25NO6/c1-3-28-20(26)22-15-21(2,18-12-8-5-9-13-18)29-30-23(22,27)19(25)24(16-22)14-17-10-6-4-7-11-17/h4-13,27H,3,14-16H2,1-2H3. The van der Waals surface area contributed by atoms with E-state index < -0.39 is 28.7 Å². The van der Waals surface area contributed by atoms with Gasteiger partial charge in [-0.05, 0) is 25.0 Å². The first-order valence-electron chi connectivity index (χ1n) is 10.00. The minimum atomic E-state index is -2.46. The van der Waals surface area contributed by atoms with Crippen LogP contribution in [0.3, 0.4) is 0 Å². The number of ether oxygens (including phenoxy) is 1. The summed E-state index contributed by atoms with van der Waals surface area (Å²) in [7, 11) is 0. The molecule has 2 fully saturated rings. The van der Waals surface area contributed by atoms with Crippen molar-refractivity contribution in [3.63, 3.8) is 0 Å². The Hall–Kier alpha value is -2.74. The molecule has 0 aromatic heterocycles. The fourth-order valence-electron chi connectivity index (χ4n) is 4.39. The van der Waals surface area contributed by atoms with Gasteiger partial charge >= 0.3 is 5.97 Å². The molecule has 1 amide bonds. The summed E-state index contributed by atoms with van der Waals surface area (Å²) in [6, 6.07) is 18.6. The van der Waals surface area contributed by atoms with Crippen molar-refractivity contribution in [3.8, 4) is 0 Å². The number of amides is 1. The van der Waals surface area contributed by atoms with Gasteiger partial charge < -0.3 is 14.7 Å². The molecule has 30 heavy (non-hydrogen) atoms. The zero-order valence-electron chi connectivity index (χ0n) is 17.0. The molecule has 0 spiro atoms. The Morgan fingerprint density at radius 2 is 1.73 bits per heavy atom. The van der Waals surface area contributed by atoms with Crippen molar-refractivity contribution in [2.75, 3.05) is 13.2 Å². The maximum Gasteiger partial charge on any atom is 0.320 e. The van der Waals surface area contributed by atoms with E-state index in [0.717, 1.165) is 11.1 Å². The van der Waals surface area contributed by atoms with Crippen molar-refractivity contribution < 1.29 is 29.2 Å². The highest BCUT2D eigenvalue weighted by Crippen LogP contribution is 2.55. The van der Waals surface area contributed by atoms with Crippen LogP contribution < -0.4 is 0 Å². The molecule has 3 atom stereocenters. The van der Waals surface area contributed by atoms with Crippen LogP contribution in [0.25, 0.3) is 0 Å². The Morgan fingerprint density at radius 1 is 1.10 bits per heavy atom. The largest absolute Gasteiger partial charge is 0.465 e. The van der Waals surface area contributed by atoms with Crippen LogP contribution in [0, 0.1) is 5.41 Å². The van der Waals surface area contributed by atoms with Gasteiger partial charge in [-0.25, -0.2) is 4.89 Å². The second-order valence-electron chi connectivity index (χ2n) is 8.03. The zero-order valence-corrected chi connectivity index (χ0v) is 17.0. The molecule has 2 aliphatic rings. The number of carbonyl (C=O) groups is 2. The molecular formula is C23H25NO6. The second-order valence-corrected chi connectivity index (χ2v) is 8.03. The number of hydrogen-bond acceptors (Lipinski definition) is 6. The fourth-order valence-corrected chi connectivity index (χ4v) is 4.39. The topological polar surface area (TPSA) is 85.3 Å². The highest BCUT2D eigenvalue weighted by molar-refractivity contribution is 5.96. The summed E-state index contributed by atoms with van der Waals surface area (Å²) in [6.07, 6.45) is 0.0242. The van der Waals surface area contributed by atoms with Crippen LogP contribution in [-0.2, 0) is 36.2 Å². The molecule has 158 valence electrons. The number of rotatable bonds is 5. The number of nitrogens with zero attached hydrogens (tertiary/aromatic N) is 1. The molecule has 7 nitrogen and oxygen atoms in total. The first kappa shape index (κ1) is 20.5. The monoisotopic (exact) mass is 411 g/mol. The molecule has 4 rings (SSSR count). The minimum Gasteiger partial charge on any atom is -0.465 e. The Balaban J connectivity index is 1.74. The summed E-state index contributed by atoms with van der Waals surface area (Å²) in [5, 5.41) is 11.3. The lowest BCUT2D eigenvalue weighted by Gasteiger charge is -2.46. The molecule has 0 saturated carbocycles. The fraction of sp³-hybridized carbons (Fsp3) is 0.391. The van der Waals surface area contributed by atoms with Gasteiger partial charge in [0.1, 0.15) is 5.60 Å². The third-order valence-electron chi connectivity index (χ3n) is 5.94. The molecule has 2 heterocycles. The predicted octanol–water partition coefficient (Wildman–Crippen LogP) is 2.53. The molecular weight excluding hydrogens is 386 g/mol. The van der Waals surface area contributed by atoms with Crippen molar-refractivity contribution >= 4 is 11.9 Å². The Kier molecular flexibility index (Phi) is 5.13. The molecule has 2 aromatic carbocycles. The summed E-state index contributed by atoms with van der Waals surface area (Å²) >= 11 is 0. The van der Waals surface area contributed by atoms with E-state index in [1.807, 2.05) is 60.7 Å². The average Bonchev–Trinajstić information content (AvgIpc) is 2.97. The second kappa shape index (κ2) is 7.50. The number of carbonyl (C=O) groups excluding carboxylic acids is 2. The van der Waals surface area contributed by atoms with Gasteiger partial charge in [0.15, 0.2) is 5.41 Å². The average molecular weight is 411 g/mol. The number of aliphatic hydroxyl groups is 1. The van der Waals surface area contributed by atoms with Gasteiger partial charge in [0.25, 0.3) is 11.7 Å². The van der Waals surface area contributed by atoms with E-state index in [9.17, 15) is 14.7 Å². The van der Waals surface area contributed by atoms with Crippen LogP contribution in [0.5, 0.6) is 0 Å². The van der Waals surface area contributed by atoms with Gasteiger partial charge in [0, 0.05) is 19.5 Å². The molecule has 0 radical (unpaired) electrons. The van der Waals surface area contributed by atoms with E-state index in [1.54, 1.807) is 13.8 Å². The van der Waals surface area contributed by atoms with Crippen molar-refractivity contribution in [3.05, 3.63) is 71.8 Å². The smallest absolute Gasteiger partial charge is 0.320 e. The summed E-state index contributed by atoms with van der Waals surface area (Å²) in [5.74, 6) is -3.85. The first-order chi connectivity index (χ1) is 14.3. The van der Waals surface area contributed by atoms with Crippen molar-refractivity contribution in [2.24, 2.45) is 5.41 Å². The van der Waals surface area contributed by atoms with Crippen LogP contribution in [0.1, 0.15) is 31.4 Å². The third kappa shape index (κ3) is 3.10. The van der Waals surface area contributed by atoms with Gasteiger partial charge in [-0.2, -0.15) is 4.89 Å². The number of benzene rings is 2. The van der Waals surface area contributed by atoms with Crippen molar-refractivity contribution in [1.29, 1.82) is 0 Å². The Morgan fingerprint density at radius 3 is 2.37 bits per heavy atom. The molecule has 3 unspecified atom stereocenters. The molecule has 0 bridgehead atoms. The van der Waals surface area contributed by atoms with Gasteiger partial charge in [-0.15, -0.1) is 0 Å². The van der Waals surface area contributed by atoms with E-state index in [4.69, 9.17) is 14.5 Å². The maximum absolute atomic E-state index is 13.2. The van der Waals surface area contributed by atoms with Crippen LogP contribution in [-0.4, -0.2) is 40.8 Å². The van der Waals surface area contributed by atoms with Gasteiger partial charge in [0.05, 0.1) is 6.61 Å². The van der Waals surface area contributed by atoms with Gasteiger partial charge in [0.2, 0.25) is 0 Å². The normalized spacial score (nSPS) is 30.8. The van der Waals surface area contributed by atoms with Crippen molar-refractivity contribution in [1.82, 2.24) is 4.90 Å². The summed E-state index contributed by atoms with van der Waals surface area (Å²) < 4.78 is 5.31. The van der Waals surface area contributed by atoms with E-state index in [2.05, 4.69) is 0 Å². The first-order valence-corrected chi connectivity index (χ1v) is 10.00. The summed E-state index contributed by atoms with van der Waals surface area (Å²) in [5.41, 5.74) is -1.04. The van der Waals surface area contributed by atoms with E-state index in [1.165, 1.54) is 4.90 Å². The summed E-state index contributed by atoms with van der Waals surface area (Å²) in [4.78, 5) is 38.7. The molecule has 2 aromatic rings. The molecule has 2 saturated heterocycles. The maximum atomic E-state index is 13.2. The van der Waals surface area contributed by atoms with Gasteiger partial charge in [-0.1, -0.05) is 60.7 Å². The van der Waals surface area contributed by atoms with Crippen LogP contribution >= 0.6 is 0 Å². The number of likely N-dealkylation sites (tertiary alicyclic amines) is 1. The van der Waals surface area contributed by atoms with Gasteiger partial charge in [-0.3, -0.25) is 9.59 Å². The highest BCUT2D eigenvalue weighted by atomic mass is 17.2.